The predicted octanol–water partition coefficient (Wildman–Crippen LogP) is 0.821. The molecule has 1 saturated carbocycles. The van der Waals surface area contributed by atoms with Crippen LogP contribution in [0.2, 0.25) is 0 Å². The zero-order valence-corrected chi connectivity index (χ0v) is 9.05. The lowest BCUT2D eigenvalue weighted by molar-refractivity contribution is 0.239. The Morgan fingerprint density at radius 1 is 1.50 bits per heavy atom. The van der Waals surface area contributed by atoms with Gasteiger partial charge < -0.3 is 16.4 Å². The van der Waals surface area contributed by atoms with Crippen LogP contribution in [-0.4, -0.2) is 24.7 Å². The Kier molecular flexibility index (Phi) is 4.20. The molecule has 0 aromatic rings. The third kappa shape index (κ3) is 5.07. The lowest BCUT2D eigenvalue weighted by atomic mass is 10.0. The van der Waals surface area contributed by atoms with E-state index >= 15 is 0 Å². The van der Waals surface area contributed by atoms with Crippen LogP contribution in [0.5, 0.6) is 0 Å². The Morgan fingerprint density at radius 2 is 2.14 bits per heavy atom. The van der Waals surface area contributed by atoms with Crippen LogP contribution in [-0.2, 0) is 0 Å². The van der Waals surface area contributed by atoms with E-state index in [9.17, 15) is 4.79 Å². The van der Waals surface area contributed by atoms with Gasteiger partial charge in [-0.25, -0.2) is 4.79 Å². The van der Waals surface area contributed by atoms with Crippen LogP contribution < -0.4 is 16.4 Å². The maximum absolute atomic E-state index is 11.2. The third-order valence-electron chi connectivity index (χ3n) is 2.21. The van der Waals surface area contributed by atoms with Crippen LogP contribution in [0.15, 0.2) is 0 Å². The lowest BCUT2D eigenvalue weighted by Crippen LogP contribution is -2.43. The van der Waals surface area contributed by atoms with Crippen molar-refractivity contribution < 1.29 is 4.79 Å². The summed E-state index contributed by atoms with van der Waals surface area (Å²) < 4.78 is 0. The minimum Gasteiger partial charge on any atom is -0.337 e. The average molecular weight is 199 g/mol. The first kappa shape index (κ1) is 11.3. The van der Waals surface area contributed by atoms with Crippen molar-refractivity contribution >= 4 is 6.03 Å². The fourth-order valence-electron chi connectivity index (χ4n) is 1.38. The van der Waals surface area contributed by atoms with Gasteiger partial charge in [-0.1, -0.05) is 13.8 Å². The van der Waals surface area contributed by atoms with Crippen molar-refractivity contribution in [1.29, 1.82) is 0 Å². The van der Waals surface area contributed by atoms with Gasteiger partial charge in [-0.05, 0) is 25.2 Å². The molecule has 1 rings (SSSR count). The van der Waals surface area contributed by atoms with E-state index in [-0.39, 0.29) is 12.1 Å². The van der Waals surface area contributed by atoms with Crippen molar-refractivity contribution in [2.24, 2.45) is 11.7 Å². The quantitative estimate of drug-likeness (QED) is 0.613. The number of carbonyl (C=O) groups excluding carboxylic acids is 1. The summed E-state index contributed by atoms with van der Waals surface area (Å²) in [6.45, 7) is 4.82. The highest BCUT2D eigenvalue weighted by atomic mass is 16.2. The lowest BCUT2D eigenvalue weighted by Gasteiger charge is -2.14. The number of hydrogen-bond donors (Lipinski definition) is 3. The third-order valence-corrected chi connectivity index (χ3v) is 2.21. The molecule has 4 heteroatoms. The number of rotatable bonds is 5. The van der Waals surface area contributed by atoms with Gasteiger partial charge in [0.15, 0.2) is 0 Å². The number of nitrogens with one attached hydrogen (secondary N) is 2. The Morgan fingerprint density at radius 3 is 2.64 bits per heavy atom. The van der Waals surface area contributed by atoms with Crippen LogP contribution >= 0.6 is 0 Å². The van der Waals surface area contributed by atoms with E-state index in [1.807, 2.05) is 0 Å². The molecule has 0 radical (unpaired) electrons. The van der Waals surface area contributed by atoms with Crippen molar-refractivity contribution in [2.45, 2.75) is 45.2 Å². The average Bonchev–Trinajstić information content (AvgIpc) is 2.83. The van der Waals surface area contributed by atoms with E-state index in [4.69, 9.17) is 5.73 Å². The Bertz CT molecular complexity index is 190. The van der Waals surface area contributed by atoms with E-state index in [1.54, 1.807) is 0 Å². The summed E-state index contributed by atoms with van der Waals surface area (Å²) in [6.07, 6.45) is 3.18. The Labute approximate surface area is 85.6 Å². The summed E-state index contributed by atoms with van der Waals surface area (Å²) in [4.78, 5) is 11.2. The summed E-state index contributed by atoms with van der Waals surface area (Å²) in [6, 6.07) is 0.406. The van der Waals surface area contributed by atoms with Gasteiger partial charge in [0.25, 0.3) is 0 Å². The standard InChI is InChI=1S/C10H21N3O/c1-7(2)5-8(11)6-12-10(14)13-9-3-4-9/h7-9H,3-6,11H2,1-2H3,(H2,12,13,14). The summed E-state index contributed by atoms with van der Waals surface area (Å²) in [7, 11) is 0. The van der Waals surface area contributed by atoms with Crippen LogP contribution in [0.4, 0.5) is 4.79 Å². The molecule has 4 N–H and O–H groups in total. The zero-order chi connectivity index (χ0) is 10.6. The molecule has 82 valence electrons. The minimum atomic E-state index is -0.0771. The second kappa shape index (κ2) is 5.20. The first-order chi connectivity index (χ1) is 6.58. The van der Waals surface area contributed by atoms with Crippen molar-refractivity contribution in [3.05, 3.63) is 0 Å². The van der Waals surface area contributed by atoms with Gasteiger partial charge in [0.2, 0.25) is 0 Å². The molecule has 4 nitrogen and oxygen atoms in total. The van der Waals surface area contributed by atoms with Crippen LogP contribution in [0, 0.1) is 5.92 Å². The van der Waals surface area contributed by atoms with Gasteiger partial charge in [0.05, 0.1) is 0 Å². The van der Waals surface area contributed by atoms with Gasteiger partial charge in [-0.15, -0.1) is 0 Å². The summed E-state index contributed by atoms with van der Waals surface area (Å²) in [5, 5.41) is 5.64. The molecular formula is C10H21N3O. The van der Waals surface area contributed by atoms with E-state index < -0.39 is 0 Å². The number of urea groups is 1. The second-order valence-corrected chi connectivity index (χ2v) is 4.52. The van der Waals surface area contributed by atoms with Gasteiger partial charge in [-0.2, -0.15) is 0 Å². The summed E-state index contributed by atoms with van der Waals surface area (Å²) >= 11 is 0. The SMILES string of the molecule is CC(C)CC(N)CNC(=O)NC1CC1. The van der Waals surface area contributed by atoms with E-state index in [2.05, 4.69) is 24.5 Å². The van der Waals surface area contributed by atoms with E-state index in [1.165, 1.54) is 0 Å². The van der Waals surface area contributed by atoms with E-state index in [0.29, 0.717) is 18.5 Å². The second-order valence-electron chi connectivity index (χ2n) is 4.52. The number of carbonyl (C=O) groups is 1. The van der Waals surface area contributed by atoms with E-state index in [0.717, 1.165) is 19.3 Å². The van der Waals surface area contributed by atoms with Crippen molar-refractivity contribution in [3.8, 4) is 0 Å². The fraction of sp³-hybridized carbons (Fsp3) is 0.900. The number of nitrogens with two attached hydrogens (primary N) is 1. The Hall–Kier alpha value is -0.770. The van der Waals surface area contributed by atoms with Gasteiger partial charge in [0, 0.05) is 18.6 Å². The largest absolute Gasteiger partial charge is 0.337 e. The topological polar surface area (TPSA) is 67.1 Å². The molecule has 2 amide bonds. The fourth-order valence-corrected chi connectivity index (χ4v) is 1.38. The smallest absolute Gasteiger partial charge is 0.315 e. The highest BCUT2D eigenvalue weighted by Gasteiger charge is 2.23. The molecule has 0 spiro atoms. The maximum Gasteiger partial charge on any atom is 0.315 e. The van der Waals surface area contributed by atoms with Gasteiger partial charge in [0.1, 0.15) is 0 Å². The molecule has 1 fully saturated rings. The Balaban J connectivity index is 2.02. The van der Waals surface area contributed by atoms with Crippen LogP contribution in [0.25, 0.3) is 0 Å². The number of amides is 2. The zero-order valence-electron chi connectivity index (χ0n) is 9.05. The summed E-state index contributed by atoms with van der Waals surface area (Å²) in [5.74, 6) is 0.582. The van der Waals surface area contributed by atoms with Crippen molar-refractivity contribution in [1.82, 2.24) is 10.6 Å². The van der Waals surface area contributed by atoms with Crippen LogP contribution in [0.3, 0.4) is 0 Å². The maximum atomic E-state index is 11.2. The normalized spacial score (nSPS) is 18.0. The van der Waals surface area contributed by atoms with Crippen molar-refractivity contribution in [2.75, 3.05) is 6.54 Å². The monoisotopic (exact) mass is 199 g/mol. The molecule has 1 unspecified atom stereocenters. The molecule has 0 aromatic heterocycles. The molecule has 0 aliphatic heterocycles. The highest BCUT2D eigenvalue weighted by Crippen LogP contribution is 2.18. The molecule has 0 saturated heterocycles. The number of hydrogen-bond acceptors (Lipinski definition) is 2. The minimum absolute atomic E-state index is 0.0694. The first-order valence-corrected chi connectivity index (χ1v) is 5.38. The molecular weight excluding hydrogens is 178 g/mol. The molecule has 1 atom stereocenters. The molecule has 1 aliphatic carbocycles. The predicted molar refractivity (Wildman–Crippen MR) is 57.0 cm³/mol. The van der Waals surface area contributed by atoms with Gasteiger partial charge >= 0.3 is 6.03 Å². The summed E-state index contributed by atoms with van der Waals surface area (Å²) in [5.41, 5.74) is 5.83. The first-order valence-electron chi connectivity index (χ1n) is 5.38. The highest BCUT2D eigenvalue weighted by molar-refractivity contribution is 5.74. The molecule has 0 bridgehead atoms. The molecule has 1 aliphatic rings. The van der Waals surface area contributed by atoms with Crippen LogP contribution in [0.1, 0.15) is 33.1 Å². The van der Waals surface area contributed by atoms with Gasteiger partial charge in [-0.3, -0.25) is 0 Å². The van der Waals surface area contributed by atoms with Crippen molar-refractivity contribution in [3.63, 3.8) is 0 Å². The molecule has 14 heavy (non-hydrogen) atoms. The molecule has 0 heterocycles. The molecule has 0 aromatic carbocycles.